The van der Waals surface area contributed by atoms with Crippen LogP contribution in [0.2, 0.25) is 0 Å². The third-order valence-corrected chi connectivity index (χ3v) is 4.37. The number of esters is 1. The Hall–Kier alpha value is -0.810. The van der Waals surface area contributed by atoms with Gasteiger partial charge in [0.2, 0.25) is 0 Å². The zero-order valence-corrected chi connectivity index (χ0v) is 14.4. The Balaban J connectivity index is 1.86. The predicted molar refractivity (Wildman–Crippen MR) is 78.5 cm³/mol. The van der Waals surface area contributed by atoms with Crippen molar-refractivity contribution < 1.29 is 38.3 Å². The van der Waals surface area contributed by atoms with Crippen molar-refractivity contribution in [1.29, 1.82) is 0 Å². The molecule has 0 aromatic carbocycles. The van der Waals surface area contributed by atoms with Gasteiger partial charge in [-0.25, -0.2) is 0 Å². The summed E-state index contributed by atoms with van der Waals surface area (Å²) in [6.45, 7) is 7.03. The maximum atomic E-state index is 11.7. The van der Waals surface area contributed by atoms with E-state index in [0.29, 0.717) is 0 Å². The molecule has 138 valence electrons. The highest BCUT2D eigenvalue weighted by atomic mass is 16.9. The van der Waals surface area contributed by atoms with E-state index >= 15 is 0 Å². The van der Waals surface area contributed by atoms with Crippen LogP contribution < -0.4 is 5.73 Å². The molecule has 3 saturated heterocycles. The third-order valence-electron chi connectivity index (χ3n) is 4.37. The summed E-state index contributed by atoms with van der Waals surface area (Å²) in [7, 11) is 1.20. The molecule has 24 heavy (non-hydrogen) atoms. The van der Waals surface area contributed by atoms with Crippen LogP contribution in [0, 0.1) is 0 Å². The van der Waals surface area contributed by atoms with E-state index in [0.717, 1.165) is 0 Å². The van der Waals surface area contributed by atoms with Crippen molar-refractivity contribution >= 4 is 5.97 Å². The van der Waals surface area contributed by atoms with Gasteiger partial charge in [0, 0.05) is 0 Å². The van der Waals surface area contributed by atoms with Crippen molar-refractivity contribution in [1.82, 2.24) is 0 Å². The standard InChI is InChI=1S/C15H25NO8/c1-14(2)21-9-8(7(17)6(16)12(18)19-5)20-13-11(10(9)22-14)23-15(3,4)24-13/h6-11,13,17H,16H2,1-5H3/t6?,7?,8-,9+,10+,11-,13-/m1/s1. The first-order valence-corrected chi connectivity index (χ1v) is 7.93. The van der Waals surface area contributed by atoms with Gasteiger partial charge in [-0.1, -0.05) is 0 Å². The summed E-state index contributed by atoms with van der Waals surface area (Å²) in [4.78, 5) is 11.7. The molecule has 3 rings (SSSR count). The first-order chi connectivity index (χ1) is 11.0. The van der Waals surface area contributed by atoms with Crippen molar-refractivity contribution in [3.8, 4) is 0 Å². The number of nitrogens with two attached hydrogens (primary N) is 1. The van der Waals surface area contributed by atoms with E-state index < -0.39 is 60.4 Å². The van der Waals surface area contributed by atoms with Gasteiger partial charge >= 0.3 is 5.97 Å². The largest absolute Gasteiger partial charge is 0.468 e. The summed E-state index contributed by atoms with van der Waals surface area (Å²) < 4.78 is 33.8. The Morgan fingerprint density at radius 3 is 2.21 bits per heavy atom. The van der Waals surface area contributed by atoms with Gasteiger partial charge in [0.1, 0.15) is 36.6 Å². The van der Waals surface area contributed by atoms with Crippen LogP contribution in [-0.4, -0.2) is 72.6 Å². The molecule has 7 atom stereocenters. The molecule has 0 saturated carbocycles. The van der Waals surface area contributed by atoms with Crippen molar-refractivity contribution in [2.45, 2.75) is 82.1 Å². The smallest absolute Gasteiger partial charge is 0.325 e. The Morgan fingerprint density at radius 2 is 1.58 bits per heavy atom. The van der Waals surface area contributed by atoms with E-state index in [-0.39, 0.29) is 0 Å². The number of carbonyl (C=O) groups excluding carboxylic acids is 1. The van der Waals surface area contributed by atoms with Gasteiger partial charge in [0.15, 0.2) is 17.9 Å². The fourth-order valence-corrected chi connectivity index (χ4v) is 3.40. The van der Waals surface area contributed by atoms with Crippen LogP contribution >= 0.6 is 0 Å². The minimum Gasteiger partial charge on any atom is -0.468 e. The molecule has 3 aliphatic heterocycles. The molecular weight excluding hydrogens is 322 g/mol. The van der Waals surface area contributed by atoms with Crippen molar-refractivity contribution in [2.75, 3.05) is 7.11 Å². The molecule has 0 spiro atoms. The lowest BCUT2D eigenvalue weighted by atomic mass is 9.92. The van der Waals surface area contributed by atoms with Crippen LogP contribution in [0.1, 0.15) is 27.7 Å². The number of fused-ring (bicyclic) bond motifs is 3. The Morgan fingerprint density at radius 1 is 1.04 bits per heavy atom. The highest BCUT2D eigenvalue weighted by molar-refractivity contribution is 5.76. The fourth-order valence-electron chi connectivity index (χ4n) is 3.40. The Labute approximate surface area is 140 Å². The maximum Gasteiger partial charge on any atom is 0.325 e. The number of ether oxygens (including phenoxy) is 6. The minimum absolute atomic E-state index is 0.510. The highest BCUT2D eigenvalue weighted by Crippen LogP contribution is 2.44. The predicted octanol–water partition coefficient (Wildman–Crippen LogP) is -0.756. The van der Waals surface area contributed by atoms with Gasteiger partial charge in [-0.2, -0.15) is 0 Å². The topological polar surface area (TPSA) is 119 Å². The summed E-state index contributed by atoms with van der Waals surface area (Å²) >= 11 is 0. The lowest BCUT2D eigenvalue weighted by Gasteiger charge is -2.40. The third kappa shape index (κ3) is 3.05. The summed E-state index contributed by atoms with van der Waals surface area (Å²) in [5.41, 5.74) is 5.77. The summed E-state index contributed by atoms with van der Waals surface area (Å²) in [6, 6.07) is -1.28. The molecule has 0 aromatic heterocycles. The number of methoxy groups -OCH3 is 1. The lowest BCUT2D eigenvalue weighted by molar-refractivity contribution is -0.254. The quantitative estimate of drug-likeness (QED) is 0.635. The first-order valence-electron chi connectivity index (χ1n) is 7.93. The normalized spacial score (nSPS) is 42.0. The number of carbonyl (C=O) groups is 1. The van der Waals surface area contributed by atoms with Gasteiger partial charge in [-0.05, 0) is 27.7 Å². The second kappa shape index (κ2) is 5.87. The van der Waals surface area contributed by atoms with E-state index in [9.17, 15) is 9.90 Å². The maximum absolute atomic E-state index is 11.7. The molecule has 0 amide bonds. The van der Waals surface area contributed by atoms with Crippen molar-refractivity contribution in [3.63, 3.8) is 0 Å². The second-order valence-corrected chi connectivity index (χ2v) is 7.17. The van der Waals surface area contributed by atoms with E-state index in [1.165, 1.54) is 7.11 Å². The average molecular weight is 347 g/mol. The average Bonchev–Trinajstić information content (AvgIpc) is 2.98. The number of hydrogen-bond donors (Lipinski definition) is 2. The fraction of sp³-hybridized carbons (Fsp3) is 0.933. The van der Waals surface area contributed by atoms with Crippen LogP contribution in [0.4, 0.5) is 0 Å². The van der Waals surface area contributed by atoms with Crippen LogP contribution in [-0.2, 0) is 33.2 Å². The molecule has 3 heterocycles. The monoisotopic (exact) mass is 347 g/mol. The molecule has 9 nitrogen and oxygen atoms in total. The number of aliphatic hydroxyl groups excluding tert-OH is 1. The van der Waals surface area contributed by atoms with Gasteiger partial charge in [-0.3, -0.25) is 4.79 Å². The van der Waals surface area contributed by atoms with Crippen molar-refractivity contribution in [2.24, 2.45) is 5.73 Å². The van der Waals surface area contributed by atoms with Crippen molar-refractivity contribution in [3.05, 3.63) is 0 Å². The van der Waals surface area contributed by atoms with Gasteiger partial charge in [0.05, 0.1) is 7.11 Å². The summed E-state index contributed by atoms with van der Waals surface area (Å²) in [5.74, 6) is -2.50. The second-order valence-electron chi connectivity index (χ2n) is 7.17. The van der Waals surface area contributed by atoms with Crippen LogP contribution in [0.5, 0.6) is 0 Å². The number of rotatable bonds is 3. The summed E-state index contributed by atoms with van der Waals surface area (Å²) in [6.07, 6.45) is -4.73. The SMILES string of the molecule is COC(=O)C(N)C(O)[C@H]1O[C@@H]2OC(C)(C)O[C@@H]2[C@H]2OC(C)(C)O[C@H]21. The molecule has 0 bridgehead atoms. The lowest BCUT2D eigenvalue weighted by Crippen LogP contribution is -2.62. The molecule has 9 heteroatoms. The van der Waals surface area contributed by atoms with Crippen LogP contribution in [0.3, 0.4) is 0 Å². The van der Waals surface area contributed by atoms with Crippen LogP contribution in [0.25, 0.3) is 0 Å². The highest BCUT2D eigenvalue weighted by Gasteiger charge is 2.62. The van der Waals surface area contributed by atoms with E-state index in [1.54, 1.807) is 27.7 Å². The molecule has 0 aromatic rings. The number of hydrogen-bond acceptors (Lipinski definition) is 9. The van der Waals surface area contributed by atoms with E-state index in [2.05, 4.69) is 4.74 Å². The van der Waals surface area contributed by atoms with E-state index in [4.69, 9.17) is 29.4 Å². The molecule has 3 aliphatic rings. The van der Waals surface area contributed by atoms with Gasteiger partial charge < -0.3 is 39.3 Å². The summed E-state index contributed by atoms with van der Waals surface area (Å²) in [5, 5.41) is 10.5. The number of aliphatic hydroxyl groups is 1. The Kier molecular flexibility index (Phi) is 4.40. The first kappa shape index (κ1) is 18.0. The molecule has 0 aliphatic carbocycles. The zero-order chi connectivity index (χ0) is 17.9. The van der Waals surface area contributed by atoms with Gasteiger partial charge in [-0.15, -0.1) is 0 Å². The molecule has 2 unspecified atom stereocenters. The molecule has 3 N–H and O–H groups in total. The molecule has 0 radical (unpaired) electrons. The van der Waals surface area contributed by atoms with E-state index in [1.807, 2.05) is 0 Å². The van der Waals surface area contributed by atoms with Gasteiger partial charge in [0.25, 0.3) is 0 Å². The Bertz CT molecular complexity index is 510. The van der Waals surface area contributed by atoms with Crippen LogP contribution in [0.15, 0.2) is 0 Å². The molecular formula is C15H25NO8. The zero-order valence-electron chi connectivity index (χ0n) is 14.4. The molecule has 3 fully saturated rings. The minimum atomic E-state index is -1.35.